The zero-order valence-electron chi connectivity index (χ0n) is 18.6. The van der Waals surface area contributed by atoms with E-state index < -0.39 is 0 Å². The van der Waals surface area contributed by atoms with E-state index in [1.165, 1.54) is 0 Å². The van der Waals surface area contributed by atoms with E-state index in [0.717, 1.165) is 35.6 Å². The van der Waals surface area contributed by atoms with Gasteiger partial charge < -0.3 is 14.6 Å². The third-order valence-electron chi connectivity index (χ3n) is 6.14. The summed E-state index contributed by atoms with van der Waals surface area (Å²) in [5, 5.41) is 12.2. The zero-order valence-corrected chi connectivity index (χ0v) is 18.6. The molecule has 9 heteroatoms. The molecule has 9 nitrogen and oxygen atoms in total. The Bertz CT molecular complexity index is 1530. The number of para-hydroxylation sites is 3. The standard InChI is InChI=1S/C25H23N7O2/c1-30-21(11-13-27-30)23-24(33)22(16-31(29-23)17-7-3-2-4-8-17)34-14-12-18-15-26-25-28-19-9-5-6-10-20(19)32(18)25/h2-11,13,16,18H,12,14-15H2,1H3,(H,26,28). The molecule has 2 aromatic carbocycles. The molecular formula is C25H23N7O2. The van der Waals surface area contributed by atoms with Crippen LogP contribution in [0.15, 0.2) is 77.9 Å². The molecule has 34 heavy (non-hydrogen) atoms. The predicted molar refractivity (Wildman–Crippen MR) is 129 cm³/mol. The lowest BCUT2D eigenvalue weighted by Gasteiger charge is -2.15. The minimum absolute atomic E-state index is 0.192. The third kappa shape index (κ3) is 3.42. The van der Waals surface area contributed by atoms with E-state index in [4.69, 9.17) is 4.74 Å². The molecule has 5 aromatic rings. The van der Waals surface area contributed by atoms with Gasteiger partial charge in [-0.15, -0.1) is 0 Å². The number of rotatable bonds is 6. The highest BCUT2D eigenvalue weighted by Gasteiger charge is 2.25. The van der Waals surface area contributed by atoms with Gasteiger partial charge in [-0.05, 0) is 30.3 Å². The Morgan fingerprint density at radius 2 is 1.91 bits per heavy atom. The summed E-state index contributed by atoms with van der Waals surface area (Å²) >= 11 is 0. The van der Waals surface area contributed by atoms with Gasteiger partial charge in [0.15, 0.2) is 11.4 Å². The van der Waals surface area contributed by atoms with Crippen LogP contribution in [0.3, 0.4) is 0 Å². The largest absolute Gasteiger partial charge is 0.488 e. The highest BCUT2D eigenvalue weighted by molar-refractivity contribution is 5.79. The van der Waals surface area contributed by atoms with Crippen LogP contribution in [0.4, 0.5) is 5.95 Å². The summed E-state index contributed by atoms with van der Waals surface area (Å²) in [7, 11) is 1.79. The second-order valence-electron chi connectivity index (χ2n) is 8.26. The molecule has 1 unspecified atom stereocenters. The molecule has 0 saturated heterocycles. The second kappa shape index (κ2) is 8.18. The SMILES string of the molecule is Cn1nccc1-c1nn(-c2ccccc2)cc(OCCC2CNc3nc4ccccc4n32)c1=O. The van der Waals surface area contributed by atoms with E-state index in [2.05, 4.69) is 31.1 Å². The van der Waals surface area contributed by atoms with Gasteiger partial charge in [-0.2, -0.15) is 10.2 Å². The topological polar surface area (TPSA) is 91.8 Å². The molecule has 1 atom stereocenters. The van der Waals surface area contributed by atoms with Gasteiger partial charge in [0.25, 0.3) is 5.43 Å². The number of hydrogen-bond donors (Lipinski definition) is 1. The molecule has 0 radical (unpaired) electrons. The lowest BCUT2D eigenvalue weighted by atomic mass is 10.2. The van der Waals surface area contributed by atoms with Crippen LogP contribution in [0.5, 0.6) is 5.75 Å². The van der Waals surface area contributed by atoms with Gasteiger partial charge in [0, 0.05) is 26.2 Å². The van der Waals surface area contributed by atoms with E-state index in [1.807, 2.05) is 48.5 Å². The summed E-state index contributed by atoms with van der Waals surface area (Å²) < 4.78 is 11.6. The van der Waals surface area contributed by atoms with Crippen molar-refractivity contribution in [1.82, 2.24) is 29.1 Å². The average Bonchev–Trinajstić information content (AvgIpc) is 3.56. The summed E-state index contributed by atoms with van der Waals surface area (Å²) in [5.74, 6) is 1.14. The summed E-state index contributed by atoms with van der Waals surface area (Å²) in [6.07, 6.45) is 4.04. The first-order chi connectivity index (χ1) is 16.7. The summed E-state index contributed by atoms with van der Waals surface area (Å²) in [6, 6.07) is 19.7. The van der Waals surface area contributed by atoms with E-state index in [9.17, 15) is 4.79 Å². The minimum Gasteiger partial charge on any atom is -0.488 e. The number of hydrogen-bond acceptors (Lipinski definition) is 6. The van der Waals surface area contributed by atoms with Crippen molar-refractivity contribution >= 4 is 17.0 Å². The van der Waals surface area contributed by atoms with Crippen LogP contribution in [0.25, 0.3) is 28.1 Å². The van der Waals surface area contributed by atoms with Crippen LogP contribution >= 0.6 is 0 Å². The van der Waals surface area contributed by atoms with Crippen molar-refractivity contribution in [1.29, 1.82) is 0 Å². The monoisotopic (exact) mass is 453 g/mol. The van der Waals surface area contributed by atoms with E-state index in [-0.39, 0.29) is 17.2 Å². The molecule has 0 aliphatic carbocycles. The van der Waals surface area contributed by atoms with Crippen molar-refractivity contribution in [2.45, 2.75) is 12.5 Å². The maximum absolute atomic E-state index is 13.3. The molecule has 0 spiro atoms. The maximum atomic E-state index is 13.3. The highest BCUT2D eigenvalue weighted by Crippen LogP contribution is 2.31. The van der Waals surface area contributed by atoms with Gasteiger partial charge in [0.05, 0.1) is 41.3 Å². The molecule has 1 aliphatic heterocycles. The first kappa shape index (κ1) is 20.2. The van der Waals surface area contributed by atoms with Crippen molar-refractivity contribution < 1.29 is 4.74 Å². The first-order valence-electron chi connectivity index (χ1n) is 11.2. The predicted octanol–water partition coefficient (Wildman–Crippen LogP) is 3.42. The Morgan fingerprint density at radius 1 is 1.09 bits per heavy atom. The Hall–Kier alpha value is -4.40. The fraction of sp³-hybridized carbons (Fsp3) is 0.200. The van der Waals surface area contributed by atoms with E-state index in [0.29, 0.717) is 18.0 Å². The lowest BCUT2D eigenvalue weighted by molar-refractivity contribution is 0.283. The molecule has 4 heterocycles. The highest BCUT2D eigenvalue weighted by atomic mass is 16.5. The van der Waals surface area contributed by atoms with Gasteiger partial charge in [-0.25, -0.2) is 9.67 Å². The Labute approximate surface area is 195 Å². The van der Waals surface area contributed by atoms with E-state index in [1.54, 1.807) is 34.9 Å². The van der Waals surface area contributed by atoms with Crippen LogP contribution in [0.1, 0.15) is 12.5 Å². The second-order valence-corrected chi connectivity index (χ2v) is 8.26. The van der Waals surface area contributed by atoms with Crippen LogP contribution < -0.4 is 15.5 Å². The molecule has 6 rings (SSSR count). The van der Waals surface area contributed by atoms with Crippen LogP contribution in [0, 0.1) is 0 Å². The number of aromatic nitrogens is 6. The number of imidazole rings is 1. The number of anilines is 1. The Kier molecular flexibility index (Phi) is 4.87. The number of nitrogens with zero attached hydrogens (tertiary/aromatic N) is 6. The fourth-order valence-corrected chi connectivity index (χ4v) is 4.43. The summed E-state index contributed by atoms with van der Waals surface area (Å²) in [5.41, 5.74) is 3.58. The number of aryl methyl sites for hydroxylation is 1. The minimum atomic E-state index is -0.255. The molecular weight excluding hydrogens is 430 g/mol. The quantitative estimate of drug-likeness (QED) is 0.424. The van der Waals surface area contributed by atoms with Crippen molar-refractivity contribution in [3.63, 3.8) is 0 Å². The molecule has 170 valence electrons. The maximum Gasteiger partial charge on any atom is 0.251 e. The molecule has 1 N–H and O–H groups in total. The van der Waals surface area contributed by atoms with Gasteiger partial charge in [-0.1, -0.05) is 30.3 Å². The smallest absolute Gasteiger partial charge is 0.251 e. The summed E-state index contributed by atoms with van der Waals surface area (Å²) in [4.78, 5) is 18.0. The third-order valence-corrected chi connectivity index (χ3v) is 6.14. The summed E-state index contributed by atoms with van der Waals surface area (Å²) in [6.45, 7) is 1.17. The molecule has 0 bridgehead atoms. The van der Waals surface area contributed by atoms with Gasteiger partial charge in [0.1, 0.15) is 0 Å². The first-order valence-corrected chi connectivity index (χ1v) is 11.2. The molecule has 1 aliphatic rings. The van der Waals surface area contributed by atoms with Gasteiger partial charge in [-0.3, -0.25) is 9.48 Å². The number of benzene rings is 2. The van der Waals surface area contributed by atoms with Crippen molar-refractivity contribution in [2.75, 3.05) is 18.5 Å². The number of ether oxygens (including phenoxy) is 1. The van der Waals surface area contributed by atoms with Crippen LogP contribution in [-0.4, -0.2) is 42.3 Å². The molecule has 0 amide bonds. The van der Waals surface area contributed by atoms with Gasteiger partial charge in [0.2, 0.25) is 5.95 Å². The normalized spacial score (nSPS) is 14.8. The fourth-order valence-electron chi connectivity index (χ4n) is 4.43. The van der Waals surface area contributed by atoms with E-state index >= 15 is 0 Å². The van der Waals surface area contributed by atoms with Crippen LogP contribution in [0.2, 0.25) is 0 Å². The number of fused-ring (bicyclic) bond motifs is 3. The lowest BCUT2D eigenvalue weighted by Crippen LogP contribution is -2.20. The van der Waals surface area contributed by atoms with Crippen molar-refractivity contribution in [3.05, 3.63) is 83.3 Å². The van der Waals surface area contributed by atoms with Crippen molar-refractivity contribution in [2.24, 2.45) is 7.05 Å². The van der Waals surface area contributed by atoms with Crippen LogP contribution in [-0.2, 0) is 7.05 Å². The Morgan fingerprint density at radius 3 is 2.74 bits per heavy atom. The Balaban J connectivity index is 1.30. The number of nitrogens with one attached hydrogen (secondary N) is 1. The molecule has 0 saturated carbocycles. The zero-order chi connectivity index (χ0) is 23.1. The average molecular weight is 454 g/mol. The van der Waals surface area contributed by atoms with Gasteiger partial charge >= 0.3 is 0 Å². The molecule has 3 aromatic heterocycles. The van der Waals surface area contributed by atoms with Crippen molar-refractivity contribution in [3.8, 4) is 22.8 Å². The molecule has 0 fully saturated rings.